The van der Waals surface area contributed by atoms with Gasteiger partial charge in [-0.1, -0.05) is 67.1 Å². The lowest BCUT2D eigenvalue weighted by molar-refractivity contribution is -0.137. The van der Waals surface area contributed by atoms with E-state index in [9.17, 15) is 22.8 Å². The third-order valence-electron chi connectivity index (χ3n) is 8.03. The third-order valence-corrected chi connectivity index (χ3v) is 8.03. The van der Waals surface area contributed by atoms with E-state index in [2.05, 4.69) is 15.1 Å². The van der Waals surface area contributed by atoms with Gasteiger partial charge in [0.05, 0.1) is 11.6 Å². The number of rotatable bonds is 9. The number of hydrogen-bond donors (Lipinski definition) is 1. The van der Waals surface area contributed by atoms with Gasteiger partial charge in [-0.05, 0) is 72.5 Å². The smallest absolute Gasteiger partial charge is 0.369 e. The summed E-state index contributed by atoms with van der Waals surface area (Å²) >= 11 is 0. The van der Waals surface area contributed by atoms with Crippen molar-refractivity contribution in [1.29, 1.82) is 0 Å². The minimum atomic E-state index is -4.43. The van der Waals surface area contributed by atoms with Gasteiger partial charge in [0.1, 0.15) is 0 Å². The minimum Gasteiger partial charge on any atom is -0.369 e. The number of halogens is 3. The second-order valence-corrected chi connectivity index (χ2v) is 11.2. The molecule has 4 aromatic carbocycles. The molecule has 44 heavy (non-hydrogen) atoms. The van der Waals surface area contributed by atoms with Gasteiger partial charge in [-0.3, -0.25) is 14.5 Å². The molecule has 1 aliphatic heterocycles. The number of Topliss-reactive ketones (excluding diaryl/α,β-unsaturated/α-hetero) is 1. The molecule has 1 atom stereocenters. The highest BCUT2D eigenvalue weighted by atomic mass is 19.4. The quantitative estimate of drug-likeness (QED) is 0.211. The Bertz CT molecular complexity index is 1580. The van der Waals surface area contributed by atoms with Crippen molar-refractivity contribution >= 4 is 23.1 Å². The summed E-state index contributed by atoms with van der Waals surface area (Å²) in [6.07, 6.45) is -3.05. The summed E-state index contributed by atoms with van der Waals surface area (Å²) in [5.41, 5.74) is 4.29. The Labute approximate surface area is 256 Å². The summed E-state index contributed by atoms with van der Waals surface area (Å²) in [5, 5.41) is 2.94. The standard InChI is InChI=1S/C36H36F3N3O2/c1-3-7-33(43)34(27-8-5-4-6-9-27)42-22-20-41(21-23-42)30-17-15-29(16-18-30)40-35(44)32-24-25(2)10-19-31(32)26-11-13-28(14-12-26)36(37,38)39/h4-6,8-19,24,34H,3,7,20-23H2,1-2H3,(H,40,44). The van der Waals surface area contributed by atoms with Crippen LogP contribution in [0.15, 0.2) is 97.1 Å². The van der Waals surface area contributed by atoms with Crippen LogP contribution in [0.25, 0.3) is 11.1 Å². The summed E-state index contributed by atoms with van der Waals surface area (Å²) in [6, 6.07) is 27.6. The van der Waals surface area contributed by atoms with Crippen molar-refractivity contribution in [2.24, 2.45) is 0 Å². The first-order valence-electron chi connectivity index (χ1n) is 14.9. The van der Waals surface area contributed by atoms with Gasteiger partial charge in [0.25, 0.3) is 5.91 Å². The number of amides is 1. The molecule has 8 heteroatoms. The molecule has 0 aliphatic carbocycles. The Kier molecular flexibility index (Phi) is 9.49. The number of alkyl halides is 3. The van der Waals surface area contributed by atoms with Crippen LogP contribution in [-0.2, 0) is 11.0 Å². The summed E-state index contributed by atoms with van der Waals surface area (Å²) in [6.45, 7) is 6.95. The number of carbonyl (C=O) groups is 2. The first-order valence-corrected chi connectivity index (χ1v) is 14.9. The average molecular weight is 600 g/mol. The molecule has 1 saturated heterocycles. The summed E-state index contributed by atoms with van der Waals surface area (Å²) < 4.78 is 39.2. The normalized spacial score (nSPS) is 14.7. The Morgan fingerprint density at radius 1 is 0.841 bits per heavy atom. The highest BCUT2D eigenvalue weighted by molar-refractivity contribution is 6.09. The molecular formula is C36H36F3N3O2. The van der Waals surface area contributed by atoms with Crippen LogP contribution in [0.1, 0.15) is 52.9 Å². The summed E-state index contributed by atoms with van der Waals surface area (Å²) in [4.78, 5) is 31.0. The Morgan fingerprint density at radius 2 is 1.50 bits per heavy atom. The van der Waals surface area contributed by atoms with E-state index in [0.717, 1.165) is 61.5 Å². The molecule has 0 saturated carbocycles. The van der Waals surface area contributed by atoms with Gasteiger partial charge in [-0.25, -0.2) is 0 Å². The molecule has 5 rings (SSSR count). The fraction of sp³-hybridized carbons (Fsp3) is 0.278. The lowest BCUT2D eigenvalue weighted by atomic mass is 9.96. The molecule has 1 amide bonds. The van der Waals surface area contributed by atoms with E-state index in [4.69, 9.17) is 0 Å². The van der Waals surface area contributed by atoms with Crippen molar-refractivity contribution in [3.05, 3.63) is 119 Å². The Morgan fingerprint density at radius 3 is 2.11 bits per heavy atom. The SMILES string of the molecule is CCCC(=O)C(c1ccccc1)N1CCN(c2ccc(NC(=O)c3cc(C)ccc3-c3ccc(C(F)(F)F)cc3)cc2)CC1. The van der Waals surface area contributed by atoms with Crippen molar-refractivity contribution < 1.29 is 22.8 Å². The van der Waals surface area contributed by atoms with E-state index in [-0.39, 0.29) is 17.7 Å². The Balaban J connectivity index is 1.25. The van der Waals surface area contributed by atoms with Gasteiger partial charge < -0.3 is 10.2 Å². The average Bonchev–Trinajstić information content (AvgIpc) is 3.02. The molecule has 5 nitrogen and oxygen atoms in total. The van der Waals surface area contributed by atoms with E-state index in [0.29, 0.717) is 28.8 Å². The topological polar surface area (TPSA) is 52.7 Å². The number of piperazine rings is 1. The molecule has 0 bridgehead atoms. The molecule has 1 aliphatic rings. The minimum absolute atomic E-state index is 0.232. The van der Waals surface area contributed by atoms with Gasteiger partial charge in [0.15, 0.2) is 5.78 Å². The Hall–Kier alpha value is -4.43. The summed E-state index contributed by atoms with van der Waals surface area (Å²) in [5.74, 6) is -0.0870. The molecule has 1 unspecified atom stereocenters. The fourth-order valence-corrected chi connectivity index (χ4v) is 5.75. The van der Waals surface area contributed by atoms with Gasteiger partial charge in [0.2, 0.25) is 0 Å². The van der Waals surface area contributed by atoms with Crippen molar-refractivity contribution in [2.75, 3.05) is 36.4 Å². The first kappa shape index (κ1) is 31.0. The van der Waals surface area contributed by atoms with Crippen LogP contribution in [0, 0.1) is 6.92 Å². The molecule has 1 fully saturated rings. The monoisotopic (exact) mass is 599 g/mol. The zero-order chi connectivity index (χ0) is 31.3. The maximum Gasteiger partial charge on any atom is 0.416 e. The van der Waals surface area contributed by atoms with Gasteiger partial charge in [-0.2, -0.15) is 13.2 Å². The largest absolute Gasteiger partial charge is 0.416 e. The van der Waals surface area contributed by atoms with E-state index in [1.165, 1.54) is 12.1 Å². The van der Waals surface area contributed by atoms with Crippen LogP contribution >= 0.6 is 0 Å². The van der Waals surface area contributed by atoms with E-state index in [1.807, 2.05) is 74.5 Å². The van der Waals surface area contributed by atoms with E-state index < -0.39 is 11.7 Å². The fourth-order valence-electron chi connectivity index (χ4n) is 5.75. The van der Waals surface area contributed by atoms with Crippen molar-refractivity contribution in [1.82, 2.24) is 4.90 Å². The van der Waals surface area contributed by atoms with Crippen LogP contribution in [0.5, 0.6) is 0 Å². The van der Waals surface area contributed by atoms with Crippen LogP contribution in [-0.4, -0.2) is 42.8 Å². The lowest BCUT2D eigenvalue weighted by Gasteiger charge is -2.40. The number of nitrogens with one attached hydrogen (secondary N) is 1. The second kappa shape index (κ2) is 13.5. The van der Waals surface area contributed by atoms with Crippen LogP contribution in [0.2, 0.25) is 0 Å². The molecule has 228 valence electrons. The predicted octanol–water partition coefficient (Wildman–Crippen LogP) is 8.17. The van der Waals surface area contributed by atoms with E-state index >= 15 is 0 Å². The number of aryl methyl sites for hydroxylation is 1. The number of hydrogen-bond acceptors (Lipinski definition) is 4. The number of benzene rings is 4. The molecule has 0 aromatic heterocycles. The van der Waals surface area contributed by atoms with Crippen LogP contribution in [0.3, 0.4) is 0 Å². The predicted molar refractivity (Wildman–Crippen MR) is 169 cm³/mol. The molecule has 1 N–H and O–H groups in total. The maximum atomic E-state index is 13.4. The number of anilines is 2. The van der Waals surface area contributed by atoms with Gasteiger partial charge in [-0.15, -0.1) is 0 Å². The highest BCUT2D eigenvalue weighted by Crippen LogP contribution is 2.33. The number of ketones is 1. The maximum absolute atomic E-state index is 13.4. The molecule has 1 heterocycles. The molecule has 0 radical (unpaired) electrons. The van der Waals surface area contributed by atoms with Crippen molar-refractivity contribution in [3.8, 4) is 11.1 Å². The van der Waals surface area contributed by atoms with E-state index in [1.54, 1.807) is 12.1 Å². The van der Waals surface area contributed by atoms with Crippen molar-refractivity contribution in [2.45, 2.75) is 38.9 Å². The zero-order valence-corrected chi connectivity index (χ0v) is 24.9. The third kappa shape index (κ3) is 7.19. The van der Waals surface area contributed by atoms with Crippen LogP contribution in [0.4, 0.5) is 24.5 Å². The lowest BCUT2D eigenvalue weighted by Crippen LogP contribution is -2.49. The zero-order valence-electron chi connectivity index (χ0n) is 24.9. The number of nitrogens with zero attached hydrogens (tertiary/aromatic N) is 2. The van der Waals surface area contributed by atoms with Gasteiger partial charge in [0, 0.05) is 49.5 Å². The number of carbonyl (C=O) groups excluding carboxylic acids is 2. The summed E-state index contributed by atoms with van der Waals surface area (Å²) in [7, 11) is 0. The molecular weight excluding hydrogens is 563 g/mol. The first-order chi connectivity index (χ1) is 21.1. The second-order valence-electron chi connectivity index (χ2n) is 11.2. The molecule has 0 spiro atoms. The highest BCUT2D eigenvalue weighted by Gasteiger charge is 2.31. The van der Waals surface area contributed by atoms with Crippen LogP contribution < -0.4 is 10.2 Å². The van der Waals surface area contributed by atoms with Gasteiger partial charge >= 0.3 is 6.18 Å². The molecule has 4 aromatic rings. The van der Waals surface area contributed by atoms with Crippen molar-refractivity contribution in [3.63, 3.8) is 0 Å².